The van der Waals surface area contributed by atoms with Gasteiger partial charge in [-0.15, -0.1) is 0 Å². The number of rotatable bonds is 6. The first kappa shape index (κ1) is 20.1. The molecule has 7 nitrogen and oxygen atoms in total. The fourth-order valence-electron chi connectivity index (χ4n) is 3.17. The predicted octanol–water partition coefficient (Wildman–Crippen LogP) is 3.54. The number of carbonyl (C=O) groups excluding carboxylic acids is 1. The number of fused-ring (bicyclic) bond motifs is 1. The maximum Gasteiger partial charge on any atom is 0.236 e. The van der Waals surface area contributed by atoms with Crippen molar-refractivity contribution in [1.29, 1.82) is 0 Å². The largest absolute Gasteiger partial charge is 0.494 e. The Labute approximate surface area is 175 Å². The van der Waals surface area contributed by atoms with Crippen LogP contribution in [0.3, 0.4) is 0 Å². The third-order valence-electron chi connectivity index (χ3n) is 4.58. The zero-order valence-electron chi connectivity index (χ0n) is 16.4. The number of nitrogens with one attached hydrogen (secondary N) is 1. The average molecular weight is 421 g/mol. The van der Waals surface area contributed by atoms with Crippen molar-refractivity contribution < 1.29 is 18.3 Å². The van der Waals surface area contributed by atoms with Crippen LogP contribution in [0.4, 0.5) is 14.6 Å². The molecule has 0 saturated heterocycles. The van der Waals surface area contributed by atoms with Crippen LogP contribution in [0.2, 0.25) is 0 Å². The molecule has 4 aromatic rings. The second kappa shape index (κ2) is 8.31. The summed E-state index contributed by atoms with van der Waals surface area (Å²) in [4.78, 5) is 24.5. The van der Waals surface area contributed by atoms with Gasteiger partial charge in [-0.25, -0.2) is 18.7 Å². The Morgan fingerprint density at radius 1 is 1.13 bits per heavy atom. The molecule has 0 aliphatic heterocycles. The van der Waals surface area contributed by atoms with Crippen LogP contribution in [0.25, 0.3) is 33.4 Å². The van der Waals surface area contributed by atoms with Gasteiger partial charge in [0, 0.05) is 35.0 Å². The number of nitrogens with zero attached hydrogens (tertiary/aromatic N) is 3. The number of hydrogen-bond donors (Lipinski definition) is 2. The standard InChI is InChI=1S/C22H17F2N5O2/c1-31-18-8-13(15-5-4-14(23)9-17(15)24)7-16-20(18)28-21(12-3-2-6-26-10-12)29-22(16)27-11-19(25)30/h2-10H,11H2,1H3,(H2,25,30)(H,27,28,29). The summed E-state index contributed by atoms with van der Waals surface area (Å²) in [5.41, 5.74) is 6.99. The third kappa shape index (κ3) is 4.11. The number of methoxy groups -OCH3 is 1. The quantitative estimate of drug-likeness (QED) is 0.494. The number of ether oxygens (including phenoxy) is 1. The van der Waals surface area contributed by atoms with Gasteiger partial charge in [0.1, 0.15) is 28.7 Å². The molecule has 4 rings (SSSR count). The first-order valence-electron chi connectivity index (χ1n) is 9.24. The Morgan fingerprint density at radius 3 is 2.65 bits per heavy atom. The Hall–Kier alpha value is -4.14. The van der Waals surface area contributed by atoms with Crippen LogP contribution in [0.5, 0.6) is 5.75 Å². The smallest absolute Gasteiger partial charge is 0.236 e. The molecule has 0 aliphatic rings. The Morgan fingerprint density at radius 2 is 1.97 bits per heavy atom. The van der Waals surface area contributed by atoms with Crippen molar-refractivity contribution in [1.82, 2.24) is 15.0 Å². The van der Waals surface area contributed by atoms with Crippen LogP contribution in [0.15, 0.2) is 54.9 Å². The lowest BCUT2D eigenvalue weighted by Gasteiger charge is -2.14. The molecule has 0 saturated carbocycles. The number of halogens is 2. The lowest BCUT2D eigenvalue weighted by molar-refractivity contribution is -0.116. The highest BCUT2D eigenvalue weighted by atomic mass is 19.1. The van der Waals surface area contributed by atoms with Crippen molar-refractivity contribution in [3.05, 3.63) is 66.5 Å². The van der Waals surface area contributed by atoms with Crippen LogP contribution in [0, 0.1) is 11.6 Å². The van der Waals surface area contributed by atoms with E-state index in [9.17, 15) is 13.6 Å². The average Bonchev–Trinajstić information content (AvgIpc) is 2.77. The SMILES string of the molecule is COc1cc(-c2ccc(F)cc2F)cc2c(NCC(N)=O)nc(-c3cccnc3)nc12. The van der Waals surface area contributed by atoms with Gasteiger partial charge in [0.25, 0.3) is 0 Å². The second-order valence-electron chi connectivity index (χ2n) is 6.66. The highest BCUT2D eigenvalue weighted by molar-refractivity contribution is 5.98. The first-order chi connectivity index (χ1) is 15.0. The van der Waals surface area contributed by atoms with E-state index in [-0.39, 0.29) is 12.1 Å². The van der Waals surface area contributed by atoms with E-state index in [0.717, 1.165) is 6.07 Å². The predicted molar refractivity (Wildman–Crippen MR) is 112 cm³/mol. The summed E-state index contributed by atoms with van der Waals surface area (Å²) in [7, 11) is 1.46. The zero-order valence-corrected chi connectivity index (χ0v) is 16.4. The van der Waals surface area contributed by atoms with Crippen LogP contribution < -0.4 is 15.8 Å². The van der Waals surface area contributed by atoms with E-state index in [1.54, 1.807) is 36.7 Å². The van der Waals surface area contributed by atoms with Crippen molar-refractivity contribution in [2.45, 2.75) is 0 Å². The van der Waals surface area contributed by atoms with Gasteiger partial charge in [-0.2, -0.15) is 0 Å². The number of primary amides is 1. The molecule has 2 aromatic carbocycles. The Kier molecular flexibility index (Phi) is 5.40. The molecular formula is C22H17F2N5O2. The van der Waals surface area contributed by atoms with Gasteiger partial charge in [-0.05, 0) is 42.0 Å². The normalized spacial score (nSPS) is 10.8. The summed E-state index contributed by atoms with van der Waals surface area (Å²) in [5.74, 6) is -0.964. The van der Waals surface area contributed by atoms with E-state index < -0.39 is 17.5 Å². The van der Waals surface area contributed by atoms with Crippen LogP contribution in [0.1, 0.15) is 0 Å². The zero-order chi connectivity index (χ0) is 22.0. The summed E-state index contributed by atoms with van der Waals surface area (Å²) in [6.07, 6.45) is 3.23. The fraction of sp³-hybridized carbons (Fsp3) is 0.0909. The van der Waals surface area contributed by atoms with Gasteiger partial charge < -0.3 is 15.8 Å². The molecular weight excluding hydrogens is 404 g/mol. The number of pyridine rings is 1. The Bertz CT molecular complexity index is 1280. The van der Waals surface area contributed by atoms with Crippen molar-refractivity contribution >= 4 is 22.6 Å². The third-order valence-corrected chi connectivity index (χ3v) is 4.58. The van der Waals surface area contributed by atoms with E-state index in [0.29, 0.717) is 39.4 Å². The first-order valence-corrected chi connectivity index (χ1v) is 9.24. The lowest BCUT2D eigenvalue weighted by Crippen LogP contribution is -2.22. The molecule has 0 unspecified atom stereocenters. The molecule has 0 radical (unpaired) electrons. The van der Waals surface area contributed by atoms with Gasteiger partial charge in [0.15, 0.2) is 5.82 Å². The molecule has 156 valence electrons. The fourth-order valence-corrected chi connectivity index (χ4v) is 3.17. The second-order valence-corrected chi connectivity index (χ2v) is 6.66. The molecule has 3 N–H and O–H groups in total. The Balaban J connectivity index is 1.97. The van der Waals surface area contributed by atoms with Crippen LogP contribution in [-0.4, -0.2) is 34.5 Å². The highest BCUT2D eigenvalue weighted by Gasteiger charge is 2.17. The number of benzene rings is 2. The molecule has 0 bridgehead atoms. The summed E-state index contributed by atoms with van der Waals surface area (Å²) in [5, 5.41) is 3.37. The minimum Gasteiger partial charge on any atom is -0.494 e. The number of hydrogen-bond acceptors (Lipinski definition) is 6. The maximum absolute atomic E-state index is 14.4. The number of anilines is 1. The van der Waals surface area contributed by atoms with Gasteiger partial charge in [-0.3, -0.25) is 9.78 Å². The maximum atomic E-state index is 14.4. The van der Waals surface area contributed by atoms with Crippen molar-refractivity contribution in [2.75, 3.05) is 19.0 Å². The monoisotopic (exact) mass is 421 g/mol. The number of carbonyl (C=O) groups is 1. The van der Waals surface area contributed by atoms with Crippen LogP contribution >= 0.6 is 0 Å². The molecule has 0 spiro atoms. The molecule has 31 heavy (non-hydrogen) atoms. The number of amides is 1. The molecule has 0 atom stereocenters. The van der Waals surface area contributed by atoms with Gasteiger partial charge >= 0.3 is 0 Å². The minimum atomic E-state index is -0.721. The van der Waals surface area contributed by atoms with Crippen molar-refractivity contribution in [3.63, 3.8) is 0 Å². The number of nitrogens with two attached hydrogens (primary N) is 1. The molecule has 0 aliphatic carbocycles. The topological polar surface area (TPSA) is 103 Å². The molecule has 0 fully saturated rings. The van der Waals surface area contributed by atoms with Gasteiger partial charge in [-0.1, -0.05) is 0 Å². The summed E-state index contributed by atoms with van der Waals surface area (Å²) in [6, 6.07) is 10.1. The minimum absolute atomic E-state index is 0.171. The van der Waals surface area contributed by atoms with Crippen molar-refractivity contribution in [3.8, 4) is 28.3 Å². The molecule has 9 heteroatoms. The van der Waals surface area contributed by atoms with E-state index in [1.807, 2.05) is 0 Å². The summed E-state index contributed by atoms with van der Waals surface area (Å²) < 4.78 is 33.3. The van der Waals surface area contributed by atoms with Gasteiger partial charge in [0.2, 0.25) is 5.91 Å². The lowest BCUT2D eigenvalue weighted by atomic mass is 10.0. The molecule has 2 heterocycles. The molecule has 2 aromatic heterocycles. The van der Waals surface area contributed by atoms with Gasteiger partial charge in [0.05, 0.1) is 13.7 Å². The van der Waals surface area contributed by atoms with Crippen molar-refractivity contribution in [2.24, 2.45) is 5.73 Å². The highest BCUT2D eigenvalue weighted by Crippen LogP contribution is 2.36. The van der Waals surface area contributed by atoms with Crippen LogP contribution in [-0.2, 0) is 4.79 Å². The van der Waals surface area contributed by atoms with E-state index >= 15 is 0 Å². The molecule has 1 amide bonds. The van der Waals surface area contributed by atoms with E-state index in [2.05, 4.69) is 20.3 Å². The van der Waals surface area contributed by atoms with E-state index in [1.165, 1.54) is 19.2 Å². The summed E-state index contributed by atoms with van der Waals surface area (Å²) >= 11 is 0. The number of aromatic nitrogens is 3. The van der Waals surface area contributed by atoms with E-state index in [4.69, 9.17) is 10.5 Å². The summed E-state index contributed by atoms with van der Waals surface area (Å²) in [6.45, 7) is -0.171.